The van der Waals surface area contributed by atoms with Crippen LogP contribution < -0.4 is 4.74 Å². The van der Waals surface area contributed by atoms with Crippen LogP contribution >= 0.6 is 11.6 Å². The number of carbonyl (C=O) groups excluding carboxylic acids is 1. The van der Waals surface area contributed by atoms with Crippen molar-refractivity contribution in [2.75, 3.05) is 19.7 Å². The molecule has 1 fully saturated rings. The molecule has 0 spiro atoms. The number of benzene rings is 1. The molecule has 18 heavy (non-hydrogen) atoms. The van der Waals surface area contributed by atoms with Gasteiger partial charge in [-0.05, 0) is 24.6 Å². The summed E-state index contributed by atoms with van der Waals surface area (Å²) in [7, 11) is 0. The number of aromatic carboxylic acids is 1. The minimum absolute atomic E-state index is 0.0427. The predicted molar refractivity (Wildman–Crippen MR) is 65.1 cm³/mol. The third-order valence-corrected chi connectivity index (χ3v) is 2.97. The first-order valence-electron chi connectivity index (χ1n) is 5.51. The summed E-state index contributed by atoms with van der Waals surface area (Å²) in [4.78, 5) is 24.2. The van der Waals surface area contributed by atoms with E-state index in [1.54, 1.807) is 4.90 Å². The number of rotatable bonds is 4. The van der Waals surface area contributed by atoms with E-state index in [2.05, 4.69) is 0 Å². The van der Waals surface area contributed by atoms with Crippen LogP contribution in [0.5, 0.6) is 5.75 Å². The topological polar surface area (TPSA) is 66.8 Å². The van der Waals surface area contributed by atoms with Crippen LogP contribution in [-0.2, 0) is 4.79 Å². The molecule has 1 aromatic rings. The molecule has 1 aliphatic rings. The largest absolute Gasteiger partial charge is 0.483 e. The third kappa shape index (κ3) is 2.73. The summed E-state index contributed by atoms with van der Waals surface area (Å²) in [5.74, 6) is -1.11. The van der Waals surface area contributed by atoms with Gasteiger partial charge in [-0.15, -0.1) is 0 Å². The second kappa shape index (κ2) is 5.27. The number of ether oxygens (including phenoxy) is 1. The van der Waals surface area contributed by atoms with Gasteiger partial charge in [-0.1, -0.05) is 11.6 Å². The molecule has 0 unspecified atom stereocenters. The molecule has 1 amide bonds. The summed E-state index contributed by atoms with van der Waals surface area (Å²) in [6.07, 6.45) is 1.01. The molecular formula is C12H12ClNO4. The van der Waals surface area contributed by atoms with Gasteiger partial charge in [0.2, 0.25) is 0 Å². The lowest BCUT2D eigenvalue weighted by molar-refractivity contribution is -0.136. The van der Waals surface area contributed by atoms with E-state index in [0.717, 1.165) is 19.5 Å². The van der Waals surface area contributed by atoms with Crippen LogP contribution in [-0.4, -0.2) is 41.6 Å². The second-order valence-corrected chi connectivity index (χ2v) is 4.41. The first-order valence-corrected chi connectivity index (χ1v) is 5.89. The number of carboxylic acid groups (broad SMARTS) is 1. The first-order chi connectivity index (χ1) is 8.58. The number of hydrogen-bond donors (Lipinski definition) is 1. The fraction of sp³-hybridized carbons (Fsp3) is 0.333. The summed E-state index contributed by atoms with van der Waals surface area (Å²) >= 11 is 5.71. The summed E-state index contributed by atoms with van der Waals surface area (Å²) in [5, 5.41) is 9.30. The van der Waals surface area contributed by atoms with E-state index in [0.29, 0.717) is 5.02 Å². The minimum atomic E-state index is -1.14. The standard InChI is InChI=1S/C12H12ClNO4/c13-8-2-3-10(9(6-8)12(16)17)18-7-11(15)14-4-1-5-14/h2-3,6H,1,4-5,7H2,(H,16,17). The van der Waals surface area contributed by atoms with Crippen LogP contribution in [0.4, 0.5) is 0 Å². The molecule has 1 saturated heterocycles. The molecule has 0 radical (unpaired) electrons. The molecule has 0 saturated carbocycles. The van der Waals surface area contributed by atoms with Crippen LogP contribution in [0, 0.1) is 0 Å². The Kier molecular flexibility index (Phi) is 3.72. The van der Waals surface area contributed by atoms with E-state index in [4.69, 9.17) is 21.4 Å². The number of halogens is 1. The molecule has 0 bridgehead atoms. The summed E-state index contributed by atoms with van der Waals surface area (Å²) in [6.45, 7) is 1.34. The Morgan fingerprint density at radius 2 is 2.11 bits per heavy atom. The van der Waals surface area contributed by atoms with Gasteiger partial charge in [-0.3, -0.25) is 4.79 Å². The average Bonchev–Trinajstić information content (AvgIpc) is 2.24. The number of carbonyl (C=O) groups is 2. The van der Waals surface area contributed by atoms with Crippen LogP contribution in [0.2, 0.25) is 5.02 Å². The minimum Gasteiger partial charge on any atom is -0.483 e. The molecule has 0 aromatic heterocycles. The van der Waals surface area contributed by atoms with Gasteiger partial charge >= 0.3 is 5.97 Å². The Morgan fingerprint density at radius 1 is 1.39 bits per heavy atom. The molecule has 0 atom stereocenters. The second-order valence-electron chi connectivity index (χ2n) is 3.97. The quantitative estimate of drug-likeness (QED) is 0.902. The van der Waals surface area contributed by atoms with Gasteiger partial charge < -0.3 is 14.7 Å². The maximum atomic E-state index is 11.6. The van der Waals surface area contributed by atoms with Gasteiger partial charge in [0.05, 0.1) is 0 Å². The Balaban J connectivity index is 2.04. The predicted octanol–water partition coefficient (Wildman–Crippen LogP) is 1.65. The Hall–Kier alpha value is -1.75. The molecule has 5 nitrogen and oxygen atoms in total. The zero-order valence-corrected chi connectivity index (χ0v) is 10.3. The van der Waals surface area contributed by atoms with Crippen molar-refractivity contribution >= 4 is 23.5 Å². The lowest BCUT2D eigenvalue weighted by Gasteiger charge is -2.30. The van der Waals surface area contributed by atoms with E-state index >= 15 is 0 Å². The van der Waals surface area contributed by atoms with Gasteiger partial charge in [-0.25, -0.2) is 4.79 Å². The molecule has 1 heterocycles. The highest BCUT2D eigenvalue weighted by molar-refractivity contribution is 6.31. The maximum Gasteiger partial charge on any atom is 0.339 e. The Labute approximate surface area is 109 Å². The van der Waals surface area contributed by atoms with Gasteiger partial charge in [0, 0.05) is 18.1 Å². The lowest BCUT2D eigenvalue weighted by Crippen LogP contribution is -2.44. The van der Waals surface area contributed by atoms with Crippen molar-refractivity contribution in [2.24, 2.45) is 0 Å². The van der Waals surface area contributed by atoms with Crippen LogP contribution in [0.3, 0.4) is 0 Å². The first kappa shape index (κ1) is 12.7. The number of hydrogen-bond acceptors (Lipinski definition) is 3. The van der Waals surface area contributed by atoms with Crippen LogP contribution in [0.1, 0.15) is 16.8 Å². The van der Waals surface area contributed by atoms with E-state index in [-0.39, 0.29) is 23.8 Å². The van der Waals surface area contributed by atoms with E-state index < -0.39 is 5.97 Å². The highest BCUT2D eigenvalue weighted by Gasteiger charge is 2.21. The van der Waals surface area contributed by atoms with E-state index in [1.807, 2.05) is 0 Å². The lowest BCUT2D eigenvalue weighted by atomic mass is 10.2. The number of carboxylic acids is 1. The molecule has 6 heteroatoms. The summed E-state index contributed by atoms with van der Waals surface area (Å²) in [6, 6.07) is 4.28. The zero-order chi connectivity index (χ0) is 13.1. The third-order valence-electron chi connectivity index (χ3n) is 2.73. The highest BCUT2D eigenvalue weighted by Crippen LogP contribution is 2.23. The van der Waals surface area contributed by atoms with Crippen molar-refractivity contribution in [3.63, 3.8) is 0 Å². The normalized spacial score (nSPS) is 13.9. The van der Waals surface area contributed by atoms with Gasteiger partial charge in [0.1, 0.15) is 11.3 Å². The van der Waals surface area contributed by atoms with Crippen molar-refractivity contribution in [1.29, 1.82) is 0 Å². The molecule has 96 valence electrons. The van der Waals surface area contributed by atoms with E-state index in [9.17, 15) is 9.59 Å². The molecule has 2 rings (SSSR count). The van der Waals surface area contributed by atoms with Crippen molar-refractivity contribution in [3.05, 3.63) is 28.8 Å². The smallest absolute Gasteiger partial charge is 0.339 e. The van der Waals surface area contributed by atoms with Crippen molar-refractivity contribution in [1.82, 2.24) is 4.90 Å². The van der Waals surface area contributed by atoms with E-state index in [1.165, 1.54) is 18.2 Å². The van der Waals surface area contributed by atoms with Crippen molar-refractivity contribution in [3.8, 4) is 5.75 Å². The van der Waals surface area contributed by atoms with Crippen molar-refractivity contribution in [2.45, 2.75) is 6.42 Å². The summed E-state index contributed by atoms with van der Waals surface area (Å²) in [5.41, 5.74) is -0.0427. The Morgan fingerprint density at radius 3 is 2.67 bits per heavy atom. The van der Waals surface area contributed by atoms with Gasteiger partial charge in [0.25, 0.3) is 5.91 Å². The Bertz CT molecular complexity index is 485. The maximum absolute atomic E-state index is 11.6. The molecule has 1 aromatic carbocycles. The van der Waals surface area contributed by atoms with Gasteiger partial charge in [0.15, 0.2) is 6.61 Å². The van der Waals surface area contributed by atoms with Crippen LogP contribution in [0.15, 0.2) is 18.2 Å². The molecule has 1 N–H and O–H groups in total. The number of likely N-dealkylation sites (tertiary alicyclic amines) is 1. The number of amides is 1. The fourth-order valence-corrected chi connectivity index (χ4v) is 1.76. The SMILES string of the molecule is O=C(O)c1cc(Cl)ccc1OCC(=O)N1CCC1. The monoisotopic (exact) mass is 269 g/mol. The highest BCUT2D eigenvalue weighted by atomic mass is 35.5. The molecule has 0 aliphatic carbocycles. The fourth-order valence-electron chi connectivity index (χ4n) is 1.59. The summed E-state index contributed by atoms with van der Waals surface area (Å²) < 4.78 is 5.24. The van der Waals surface area contributed by atoms with Gasteiger partial charge in [-0.2, -0.15) is 0 Å². The average molecular weight is 270 g/mol. The van der Waals surface area contributed by atoms with Crippen molar-refractivity contribution < 1.29 is 19.4 Å². The number of nitrogens with zero attached hydrogens (tertiary/aromatic N) is 1. The van der Waals surface area contributed by atoms with Crippen LogP contribution in [0.25, 0.3) is 0 Å². The molecule has 1 aliphatic heterocycles. The zero-order valence-electron chi connectivity index (χ0n) is 9.56. The molecular weight excluding hydrogens is 258 g/mol.